The van der Waals surface area contributed by atoms with Crippen LogP contribution in [0.4, 0.5) is 13.2 Å². The molecule has 2 nitrogen and oxygen atoms in total. The number of hydrogen-bond donors (Lipinski definition) is 1. The molecule has 0 aromatic heterocycles. The molecule has 1 N–H and O–H groups in total. The van der Waals surface area contributed by atoms with E-state index < -0.39 is 12.6 Å². The molecule has 1 atom stereocenters. The number of halogens is 3. The minimum absolute atomic E-state index is 0.0160. The monoisotopic (exact) mass is 304 g/mol. The Hall–Kier alpha value is -0.290. The summed E-state index contributed by atoms with van der Waals surface area (Å²) in [6.45, 7) is 4.04. The fourth-order valence-corrected chi connectivity index (χ4v) is 4.37. The highest BCUT2D eigenvalue weighted by molar-refractivity contribution is 5.09. The lowest BCUT2D eigenvalue weighted by molar-refractivity contribution is -0.146. The van der Waals surface area contributed by atoms with E-state index in [4.69, 9.17) is 0 Å². The van der Waals surface area contributed by atoms with Crippen molar-refractivity contribution in [1.82, 2.24) is 10.2 Å². The zero-order valence-electron chi connectivity index (χ0n) is 12.9. The van der Waals surface area contributed by atoms with E-state index in [2.05, 4.69) is 17.1 Å². The van der Waals surface area contributed by atoms with Gasteiger partial charge in [-0.2, -0.15) is 13.2 Å². The number of hydrogen-bond acceptors (Lipinski definition) is 2. The quantitative estimate of drug-likeness (QED) is 0.855. The SMILES string of the molecule is CC1(C2CC2)CN(CCC(F)(F)F)C2(CCCCC2)CN1. The van der Waals surface area contributed by atoms with Gasteiger partial charge in [0.2, 0.25) is 0 Å². The van der Waals surface area contributed by atoms with Crippen molar-refractivity contribution >= 4 is 0 Å². The number of nitrogens with one attached hydrogen (secondary N) is 1. The third-order valence-corrected chi connectivity index (χ3v) is 5.94. The predicted molar refractivity (Wildman–Crippen MR) is 77.2 cm³/mol. The van der Waals surface area contributed by atoms with E-state index in [9.17, 15) is 13.2 Å². The van der Waals surface area contributed by atoms with Gasteiger partial charge in [-0.05, 0) is 38.5 Å². The molecular formula is C16H27F3N2. The highest BCUT2D eigenvalue weighted by atomic mass is 19.4. The smallest absolute Gasteiger partial charge is 0.308 e. The van der Waals surface area contributed by atoms with E-state index >= 15 is 0 Å². The molecular weight excluding hydrogens is 277 g/mol. The summed E-state index contributed by atoms with van der Waals surface area (Å²) in [7, 11) is 0. The van der Waals surface area contributed by atoms with Crippen molar-refractivity contribution < 1.29 is 13.2 Å². The van der Waals surface area contributed by atoms with Crippen LogP contribution >= 0.6 is 0 Å². The highest BCUT2D eigenvalue weighted by Crippen LogP contribution is 2.45. The number of nitrogens with zero attached hydrogens (tertiary/aromatic N) is 1. The standard InChI is InChI=1S/C16H27F3N2/c1-14(13-5-6-13)12-21(10-9-16(17,18)19)15(11-20-14)7-3-2-4-8-15/h13,20H,2-12H2,1H3. The summed E-state index contributed by atoms with van der Waals surface area (Å²) in [5.41, 5.74) is 0.00615. The number of alkyl halides is 3. The van der Waals surface area contributed by atoms with Gasteiger partial charge in [-0.25, -0.2) is 0 Å². The molecule has 1 heterocycles. The first-order valence-electron chi connectivity index (χ1n) is 8.40. The zero-order chi connectivity index (χ0) is 15.1. The minimum atomic E-state index is -4.04. The van der Waals surface area contributed by atoms with Gasteiger partial charge in [0.25, 0.3) is 0 Å². The van der Waals surface area contributed by atoms with Crippen molar-refractivity contribution in [3.05, 3.63) is 0 Å². The largest absolute Gasteiger partial charge is 0.390 e. The van der Waals surface area contributed by atoms with Gasteiger partial charge < -0.3 is 5.32 Å². The second-order valence-corrected chi connectivity index (χ2v) is 7.62. The van der Waals surface area contributed by atoms with Crippen LogP contribution in [0, 0.1) is 5.92 Å². The van der Waals surface area contributed by atoms with Crippen molar-refractivity contribution in [2.24, 2.45) is 5.92 Å². The predicted octanol–water partition coefficient (Wildman–Crippen LogP) is 3.72. The zero-order valence-corrected chi connectivity index (χ0v) is 12.9. The van der Waals surface area contributed by atoms with Gasteiger partial charge in [0.05, 0.1) is 6.42 Å². The molecule has 2 aliphatic carbocycles. The molecule has 2 saturated carbocycles. The van der Waals surface area contributed by atoms with Crippen molar-refractivity contribution in [2.45, 2.75) is 75.5 Å². The Labute approximate surface area is 125 Å². The maximum atomic E-state index is 12.7. The summed E-state index contributed by atoms with van der Waals surface area (Å²) in [6, 6.07) is 0. The van der Waals surface area contributed by atoms with Gasteiger partial charge in [0.1, 0.15) is 0 Å². The lowest BCUT2D eigenvalue weighted by Crippen LogP contribution is -2.70. The summed E-state index contributed by atoms with van der Waals surface area (Å²) >= 11 is 0. The summed E-state index contributed by atoms with van der Waals surface area (Å²) in [6.07, 6.45) is 3.39. The Balaban J connectivity index is 1.73. The molecule has 21 heavy (non-hydrogen) atoms. The summed E-state index contributed by atoms with van der Waals surface area (Å²) in [5, 5.41) is 3.72. The Bertz CT molecular complexity index is 372. The van der Waals surface area contributed by atoms with Gasteiger partial charge >= 0.3 is 6.18 Å². The average Bonchev–Trinajstić information content (AvgIpc) is 3.25. The molecule has 1 unspecified atom stereocenters. The van der Waals surface area contributed by atoms with Gasteiger partial charge in [-0.1, -0.05) is 19.3 Å². The highest BCUT2D eigenvalue weighted by Gasteiger charge is 2.51. The van der Waals surface area contributed by atoms with E-state index in [1.54, 1.807) is 0 Å². The van der Waals surface area contributed by atoms with E-state index in [0.717, 1.165) is 38.8 Å². The normalized spacial score (nSPS) is 34.3. The third kappa shape index (κ3) is 3.39. The fourth-order valence-electron chi connectivity index (χ4n) is 4.37. The molecule has 0 aromatic carbocycles. The van der Waals surface area contributed by atoms with Crippen LogP contribution in [0.5, 0.6) is 0 Å². The van der Waals surface area contributed by atoms with E-state index in [1.807, 2.05) is 0 Å². The molecule has 1 aliphatic heterocycles. The Morgan fingerprint density at radius 3 is 2.38 bits per heavy atom. The van der Waals surface area contributed by atoms with Crippen LogP contribution in [-0.2, 0) is 0 Å². The molecule has 0 bridgehead atoms. The van der Waals surface area contributed by atoms with E-state index in [1.165, 1.54) is 19.3 Å². The van der Waals surface area contributed by atoms with Crippen LogP contribution in [0.15, 0.2) is 0 Å². The Morgan fingerprint density at radius 1 is 1.14 bits per heavy atom. The molecule has 0 aromatic rings. The summed E-state index contributed by atoms with van der Waals surface area (Å²) in [4.78, 5) is 2.20. The average molecular weight is 304 g/mol. The summed E-state index contributed by atoms with van der Waals surface area (Å²) in [5.74, 6) is 0.659. The van der Waals surface area contributed by atoms with Gasteiger partial charge in [-0.15, -0.1) is 0 Å². The molecule has 3 aliphatic rings. The van der Waals surface area contributed by atoms with E-state index in [0.29, 0.717) is 5.92 Å². The second kappa shape index (κ2) is 5.41. The molecule has 3 rings (SSSR count). The lowest BCUT2D eigenvalue weighted by atomic mass is 9.75. The van der Waals surface area contributed by atoms with Crippen molar-refractivity contribution in [1.29, 1.82) is 0 Å². The van der Waals surface area contributed by atoms with Crippen LogP contribution in [0.2, 0.25) is 0 Å². The molecule has 122 valence electrons. The first-order valence-corrected chi connectivity index (χ1v) is 8.40. The third-order valence-electron chi connectivity index (χ3n) is 5.94. The van der Waals surface area contributed by atoms with Crippen molar-refractivity contribution in [3.63, 3.8) is 0 Å². The van der Waals surface area contributed by atoms with Crippen LogP contribution in [0.25, 0.3) is 0 Å². The Kier molecular flexibility index (Phi) is 4.02. The lowest BCUT2D eigenvalue weighted by Gasteiger charge is -2.56. The first-order chi connectivity index (χ1) is 9.83. The fraction of sp³-hybridized carbons (Fsp3) is 1.00. The maximum absolute atomic E-state index is 12.7. The first kappa shape index (κ1) is 15.6. The van der Waals surface area contributed by atoms with Gasteiger partial charge in [-0.3, -0.25) is 4.90 Å². The van der Waals surface area contributed by atoms with Crippen LogP contribution < -0.4 is 5.32 Å². The molecule has 0 amide bonds. The molecule has 5 heteroatoms. The number of rotatable bonds is 3. The molecule has 3 fully saturated rings. The van der Waals surface area contributed by atoms with Crippen molar-refractivity contribution in [2.75, 3.05) is 19.6 Å². The molecule has 0 radical (unpaired) electrons. The van der Waals surface area contributed by atoms with Crippen LogP contribution in [-0.4, -0.2) is 41.8 Å². The topological polar surface area (TPSA) is 15.3 Å². The molecule has 1 spiro atoms. The minimum Gasteiger partial charge on any atom is -0.308 e. The molecule has 1 saturated heterocycles. The number of piperazine rings is 1. The summed E-state index contributed by atoms with van der Waals surface area (Å²) < 4.78 is 38.1. The van der Waals surface area contributed by atoms with Crippen molar-refractivity contribution in [3.8, 4) is 0 Å². The maximum Gasteiger partial charge on any atom is 0.390 e. The second-order valence-electron chi connectivity index (χ2n) is 7.62. The van der Waals surface area contributed by atoms with Crippen LogP contribution in [0.1, 0.15) is 58.3 Å². The van der Waals surface area contributed by atoms with Crippen LogP contribution in [0.3, 0.4) is 0 Å². The Morgan fingerprint density at radius 2 is 1.81 bits per heavy atom. The van der Waals surface area contributed by atoms with Gasteiger partial charge in [0, 0.05) is 30.7 Å². The van der Waals surface area contributed by atoms with E-state index in [-0.39, 0.29) is 17.6 Å². The van der Waals surface area contributed by atoms with Gasteiger partial charge in [0.15, 0.2) is 0 Å².